The van der Waals surface area contributed by atoms with E-state index in [1.54, 1.807) is 6.20 Å². The van der Waals surface area contributed by atoms with Crippen molar-refractivity contribution in [1.29, 1.82) is 0 Å². The fourth-order valence-corrected chi connectivity index (χ4v) is 3.17. The first-order valence-corrected chi connectivity index (χ1v) is 6.90. The van der Waals surface area contributed by atoms with E-state index < -0.39 is 10.8 Å². The molecule has 2 rings (SSSR count). The molecule has 0 N–H and O–H groups in total. The van der Waals surface area contributed by atoms with Crippen LogP contribution in [-0.4, -0.2) is 9.19 Å². The molecule has 2 nitrogen and oxygen atoms in total. The van der Waals surface area contributed by atoms with Crippen LogP contribution in [-0.2, 0) is 10.8 Å². The van der Waals surface area contributed by atoms with Crippen LogP contribution in [0.2, 0.25) is 0 Å². The smallest absolute Gasteiger partial charge is 0.127 e. The fourth-order valence-electron chi connectivity index (χ4n) is 1.79. The van der Waals surface area contributed by atoms with Gasteiger partial charge < -0.3 is 0 Å². The quantitative estimate of drug-likeness (QED) is 0.827. The molecule has 1 aromatic heterocycles. The number of benzene rings is 1. The van der Waals surface area contributed by atoms with Gasteiger partial charge >= 0.3 is 0 Å². The van der Waals surface area contributed by atoms with Crippen molar-refractivity contribution in [3.63, 3.8) is 0 Å². The predicted molar refractivity (Wildman–Crippen MR) is 70.1 cm³/mol. The van der Waals surface area contributed by atoms with Crippen molar-refractivity contribution in [3.8, 4) is 0 Å². The maximum atomic E-state index is 12.4. The van der Waals surface area contributed by atoms with Gasteiger partial charge in [0.15, 0.2) is 0 Å². The van der Waals surface area contributed by atoms with Crippen molar-refractivity contribution in [2.24, 2.45) is 0 Å². The molecule has 0 amide bonds. The van der Waals surface area contributed by atoms with Crippen LogP contribution >= 0.6 is 0 Å². The van der Waals surface area contributed by atoms with Crippen molar-refractivity contribution in [2.45, 2.75) is 23.6 Å². The summed E-state index contributed by atoms with van der Waals surface area (Å²) in [5.41, 5.74) is 1.11. The zero-order valence-corrected chi connectivity index (χ0v) is 10.6. The number of nitrogens with zero attached hydrogens (tertiary/aromatic N) is 1. The van der Waals surface area contributed by atoms with Crippen LogP contribution in [0.3, 0.4) is 0 Å². The van der Waals surface area contributed by atoms with E-state index in [2.05, 4.69) is 11.9 Å². The highest BCUT2D eigenvalue weighted by Crippen LogP contribution is 2.26. The van der Waals surface area contributed by atoms with Gasteiger partial charge in [-0.05, 0) is 24.1 Å². The third-order valence-corrected chi connectivity index (χ3v) is 4.42. The number of pyridine rings is 1. The number of rotatable bonds is 4. The fraction of sp³-hybridized carbons (Fsp3) is 0.214. The summed E-state index contributed by atoms with van der Waals surface area (Å²) >= 11 is 0. The Balaban J connectivity index is 2.29. The van der Waals surface area contributed by atoms with Gasteiger partial charge in [-0.25, -0.2) is 4.98 Å². The first-order chi connectivity index (χ1) is 8.33. The minimum absolute atomic E-state index is 0.0195. The molecule has 0 aliphatic carbocycles. The van der Waals surface area contributed by atoms with Gasteiger partial charge in [0.1, 0.15) is 5.03 Å². The SMILES string of the molecule is CCC(c1ccccc1)S(=O)c1ccccn1. The summed E-state index contributed by atoms with van der Waals surface area (Å²) in [6.45, 7) is 2.05. The van der Waals surface area contributed by atoms with E-state index in [1.165, 1.54) is 0 Å². The van der Waals surface area contributed by atoms with Crippen molar-refractivity contribution in [1.82, 2.24) is 4.98 Å². The molecule has 3 heteroatoms. The highest BCUT2D eigenvalue weighted by molar-refractivity contribution is 7.85. The molecule has 0 aliphatic rings. The lowest BCUT2D eigenvalue weighted by atomic mass is 10.1. The second-order valence-electron chi connectivity index (χ2n) is 3.77. The predicted octanol–water partition coefficient (Wildman–Crippen LogP) is 3.34. The van der Waals surface area contributed by atoms with E-state index in [1.807, 2.05) is 48.5 Å². The average Bonchev–Trinajstić information content (AvgIpc) is 2.42. The van der Waals surface area contributed by atoms with Gasteiger partial charge in [0, 0.05) is 6.20 Å². The Morgan fingerprint density at radius 2 is 1.82 bits per heavy atom. The summed E-state index contributed by atoms with van der Waals surface area (Å²) in [6, 6.07) is 15.5. The molecular weight excluding hydrogens is 230 g/mol. The van der Waals surface area contributed by atoms with Crippen molar-refractivity contribution >= 4 is 10.8 Å². The zero-order chi connectivity index (χ0) is 12.1. The van der Waals surface area contributed by atoms with E-state index in [0.717, 1.165) is 12.0 Å². The summed E-state index contributed by atoms with van der Waals surface area (Å²) in [7, 11) is -1.08. The van der Waals surface area contributed by atoms with Crippen molar-refractivity contribution in [3.05, 3.63) is 60.3 Å². The highest BCUT2D eigenvalue weighted by Gasteiger charge is 2.19. The van der Waals surface area contributed by atoms with Crippen LogP contribution in [0.4, 0.5) is 0 Å². The van der Waals surface area contributed by atoms with E-state index in [-0.39, 0.29) is 5.25 Å². The largest absolute Gasteiger partial charge is 0.252 e. The Morgan fingerprint density at radius 1 is 1.12 bits per heavy atom. The molecule has 17 heavy (non-hydrogen) atoms. The van der Waals surface area contributed by atoms with Crippen LogP contribution in [0.5, 0.6) is 0 Å². The summed E-state index contributed by atoms with van der Waals surface area (Å²) in [6.07, 6.45) is 2.53. The molecule has 88 valence electrons. The summed E-state index contributed by atoms with van der Waals surface area (Å²) in [5.74, 6) is 0. The summed E-state index contributed by atoms with van der Waals surface area (Å²) in [4.78, 5) is 4.17. The maximum absolute atomic E-state index is 12.4. The van der Waals surface area contributed by atoms with E-state index in [0.29, 0.717) is 5.03 Å². The first kappa shape index (κ1) is 12.0. The van der Waals surface area contributed by atoms with Gasteiger partial charge in [-0.2, -0.15) is 0 Å². The van der Waals surface area contributed by atoms with Gasteiger partial charge in [0.2, 0.25) is 0 Å². The standard InChI is InChI=1S/C14H15NOS/c1-2-13(12-8-4-3-5-9-12)17(16)14-10-6-7-11-15-14/h3-11,13H,2H2,1H3. The number of aromatic nitrogens is 1. The van der Waals surface area contributed by atoms with Gasteiger partial charge in [-0.1, -0.05) is 43.3 Å². The zero-order valence-electron chi connectivity index (χ0n) is 9.74. The molecule has 1 aromatic carbocycles. The van der Waals surface area contributed by atoms with Crippen LogP contribution in [0, 0.1) is 0 Å². The van der Waals surface area contributed by atoms with Gasteiger partial charge in [-0.3, -0.25) is 4.21 Å². The highest BCUT2D eigenvalue weighted by atomic mass is 32.2. The van der Waals surface area contributed by atoms with Gasteiger partial charge in [0.25, 0.3) is 0 Å². The lowest BCUT2D eigenvalue weighted by molar-refractivity contribution is 0.665. The molecular formula is C14H15NOS. The molecule has 2 unspecified atom stereocenters. The van der Waals surface area contributed by atoms with E-state index in [4.69, 9.17) is 0 Å². The third-order valence-electron chi connectivity index (χ3n) is 2.64. The van der Waals surface area contributed by atoms with Crippen LogP contribution in [0.1, 0.15) is 24.2 Å². The van der Waals surface area contributed by atoms with Crippen LogP contribution < -0.4 is 0 Å². The third kappa shape index (κ3) is 2.80. The minimum Gasteiger partial charge on any atom is -0.252 e. The molecule has 2 atom stereocenters. The Bertz CT molecular complexity index is 484. The molecule has 0 aliphatic heterocycles. The second kappa shape index (κ2) is 5.73. The summed E-state index contributed by atoms with van der Waals surface area (Å²) < 4.78 is 12.4. The molecule has 0 saturated heterocycles. The van der Waals surface area contributed by atoms with E-state index in [9.17, 15) is 4.21 Å². The summed E-state index contributed by atoms with van der Waals surface area (Å²) in [5, 5.41) is 0.675. The average molecular weight is 245 g/mol. The lowest BCUT2D eigenvalue weighted by Gasteiger charge is -2.14. The molecule has 0 spiro atoms. The second-order valence-corrected chi connectivity index (χ2v) is 5.36. The topological polar surface area (TPSA) is 30.0 Å². The Morgan fingerprint density at radius 3 is 2.41 bits per heavy atom. The maximum Gasteiger partial charge on any atom is 0.127 e. The minimum atomic E-state index is -1.08. The molecule has 1 heterocycles. The Kier molecular flexibility index (Phi) is 4.04. The van der Waals surface area contributed by atoms with Crippen molar-refractivity contribution < 1.29 is 4.21 Å². The Hall–Kier alpha value is -1.48. The van der Waals surface area contributed by atoms with Gasteiger partial charge in [-0.15, -0.1) is 0 Å². The molecule has 0 radical (unpaired) electrons. The molecule has 0 saturated carbocycles. The first-order valence-electron chi connectivity index (χ1n) is 5.69. The lowest BCUT2D eigenvalue weighted by Crippen LogP contribution is -2.07. The van der Waals surface area contributed by atoms with E-state index >= 15 is 0 Å². The van der Waals surface area contributed by atoms with Crippen LogP contribution in [0.15, 0.2) is 59.8 Å². The number of hydrogen-bond acceptors (Lipinski definition) is 2. The van der Waals surface area contributed by atoms with Gasteiger partial charge in [0.05, 0.1) is 16.0 Å². The molecule has 2 aromatic rings. The molecule has 0 bridgehead atoms. The van der Waals surface area contributed by atoms with Crippen molar-refractivity contribution in [2.75, 3.05) is 0 Å². The normalized spacial score (nSPS) is 14.2. The number of hydrogen-bond donors (Lipinski definition) is 0. The van der Waals surface area contributed by atoms with Crippen LogP contribution in [0.25, 0.3) is 0 Å². The monoisotopic (exact) mass is 245 g/mol. The Labute approximate surface area is 104 Å². The molecule has 0 fully saturated rings.